The molecular formula is C15H17ClO. The van der Waals surface area contributed by atoms with Gasteiger partial charge in [0.1, 0.15) is 5.78 Å². The molecule has 4 rings (SSSR count). The number of ketones is 1. The van der Waals surface area contributed by atoms with Gasteiger partial charge in [0.05, 0.1) is 0 Å². The van der Waals surface area contributed by atoms with E-state index in [2.05, 4.69) is 30.3 Å². The van der Waals surface area contributed by atoms with Gasteiger partial charge in [0, 0.05) is 17.7 Å². The lowest BCUT2D eigenvalue weighted by Crippen LogP contribution is -2.67. The van der Waals surface area contributed by atoms with E-state index in [-0.39, 0.29) is 5.41 Å². The van der Waals surface area contributed by atoms with Crippen LogP contribution in [0.25, 0.3) is 0 Å². The minimum absolute atomic E-state index is 0.0436. The van der Waals surface area contributed by atoms with E-state index in [4.69, 9.17) is 11.6 Å². The van der Waals surface area contributed by atoms with Crippen LogP contribution in [0.1, 0.15) is 37.7 Å². The first-order chi connectivity index (χ1) is 8.21. The Bertz CT molecular complexity index is 418. The molecule has 3 aliphatic rings. The van der Waals surface area contributed by atoms with Crippen LogP contribution in [0.4, 0.5) is 0 Å². The zero-order valence-corrected chi connectivity index (χ0v) is 10.7. The Morgan fingerprint density at radius 1 is 1.18 bits per heavy atom. The highest BCUT2D eigenvalue weighted by Gasteiger charge is 2.70. The molecule has 1 aromatic rings. The topological polar surface area (TPSA) is 17.1 Å². The number of halogens is 1. The molecule has 0 aromatic heterocycles. The quantitative estimate of drug-likeness (QED) is 0.727. The van der Waals surface area contributed by atoms with E-state index >= 15 is 0 Å². The molecule has 3 fully saturated rings. The SMILES string of the molecule is O=C(CCCCl)C12CC(c3ccccc3)(C1)C2. The summed E-state index contributed by atoms with van der Waals surface area (Å²) in [6.45, 7) is 0. The number of alkyl halides is 1. The Labute approximate surface area is 107 Å². The van der Waals surface area contributed by atoms with Crippen LogP contribution in [-0.4, -0.2) is 11.7 Å². The molecule has 0 amide bonds. The molecule has 3 saturated carbocycles. The van der Waals surface area contributed by atoms with Gasteiger partial charge in [-0.15, -0.1) is 11.6 Å². The maximum atomic E-state index is 12.1. The van der Waals surface area contributed by atoms with E-state index in [1.165, 1.54) is 5.56 Å². The van der Waals surface area contributed by atoms with Crippen LogP contribution in [0.15, 0.2) is 30.3 Å². The molecule has 0 unspecified atom stereocenters. The smallest absolute Gasteiger partial charge is 0.139 e. The summed E-state index contributed by atoms with van der Waals surface area (Å²) < 4.78 is 0. The Hall–Kier alpha value is -0.820. The molecule has 0 aliphatic heterocycles. The zero-order chi connectivity index (χ0) is 11.9. The average Bonchev–Trinajstić information content (AvgIpc) is 2.24. The normalized spacial score (nSPS) is 33.7. The number of rotatable bonds is 5. The Balaban J connectivity index is 1.65. The molecule has 17 heavy (non-hydrogen) atoms. The molecule has 0 N–H and O–H groups in total. The first-order valence-corrected chi connectivity index (χ1v) is 6.89. The number of carbonyl (C=O) groups excluding carboxylic acids is 1. The number of Topliss-reactive ketones (excluding diaryl/α,β-unsaturated/α-hetero) is 1. The summed E-state index contributed by atoms with van der Waals surface area (Å²) >= 11 is 5.64. The van der Waals surface area contributed by atoms with Gasteiger partial charge in [-0.05, 0) is 36.7 Å². The maximum Gasteiger partial charge on any atom is 0.139 e. The van der Waals surface area contributed by atoms with Crippen molar-refractivity contribution in [2.45, 2.75) is 37.5 Å². The van der Waals surface area contributed by atoms with Crippen LogP contribution in [0, 0.1) is 5.41 Å². The fourth-order valence-corrected chi connectivity index (χ4v) is 3.81. The predicted molar refractivity (Wildman–Crippen MR) is 69.4 cm³/mol. The summed E-state index contributed by atoms with van der Waals surface area (Å²) in [4.78, 5) is 12.1. The molecule has 0 heterocycles. The molecule has 1 nitrogen and oxygen atoms in total. The number of hydrogen-bond donors (Lipinski definition) is 0. The summed E-state index contributed by atoms with van der Waals surface area (Å²) in [7, 11) is 0. The van der Waals surface area contributed by atoms with Crippen LogP contribution < -0.4 is 0 Å². The number of hydrogen-bond acceptors (Lipinski definition) is 1. The predicted octanol–water partition coefficient (Wildman–Crippen LogP) is 3.70. The van der Waals surface area contributed by atoms with Crippen LogP contribution in [0.3, 0.4) is 0 Å². The molecule has 0 saturated heterocycles. The van der Waals surface area contributed by atoms with Gasteiger partial charge in [-0.25, -0.2) is 0 Å². The average molecular weight is 249 g/mol. The lowest BCUT2D eigenvalue weighted by atomic mass is 9.32. The highest BCUT2D eigenvalue weighted by Crippen LogP contribution is 2.74. The molecule has 0 atom stereocenters. The molecule has 3 aliphatic carbocycles. The second kappa shape index (κ2) is 3.84. The van der Waals surface area contributed by atoms with E-state index in [0.29, 0.717) is 23.5 Å². The van der Waals surface area contributed by atoms with Gasteiger partial charge in [0.2, 0.25) is 0 Å². The molecule has 0 spiro atoms. The van der Waals surface area contributed by atoms with Crippen molar-refractivity contribution in [2.24, 2.45) is 5.41 Å². The van der Waals surface area contributed by atoms with Gasteiger partial charge in [-0.2, -0.15) is 0 Å². The molecule has 2 bridgehead atoms. The first kappa shape index (κ1) is 11.3. The number of carbonyl (C=O) groups is 1. The fraction of sp³-hybridized carbons (Fsp3) is 0.533. The third-order valence-electron chi connectivity index (χ3n) is 4.55. The van der Waals surface area contributed by atoms with Crippen molar-refractivity contribution >= 4 is 17.4 Å². The number of benzene rings is 1. The van der Waals surface area contributed by atoms with Gasteiger partial charge in [0.15, 0.2) is 0 Å². The maximum absolute atomic E-state index is 12.1. The summed E-state index contributed by atoms with van der Waals surface area (Å²) in [5.41, 5.74) is 1.81. The van der Waals surface area contributed by atoms with Gasteiger partial charge in [0.25, 0.3) is 0 Å². The van der Waals surface area contributed by atoms with Crippen molar-refractivity contribution in [3.8, 4) is 0 Å². The van der Waals surface area contributed by atoms with Gasteiger partial charge in [-0.1, -0.05) is 30.3 Å². The third-order valence-corrected chi connectivity index (χ3v) is 4.81. The van der Waals surface area contributed by atoms with E-state index in [1.807, 2.05) is 0 Å². The highest BCUT2D eigenvalue weighted by molar-refractivity contribution is 6.18. The van der Waals surface area contributed by atoms with E-state index < -0.39 is 0 Å². The van der Waals surface area contributed by atoms with Crippen molar-refractivity contribution < 1.29 is 4.79 Å². The van der Waals surface area contributed by atoms with E-state index in [0.717, 1.165) is 25.7 Å². The van der Waals surface area contributed by atoms with Crippen LogP contribution in [0.2, 0.25) is 0 Å². The van der Waals surface area contributed by atoms with Gasteiger partial charge < -0.3 is 0 Å². The third kappa shape index (κ3) is 1.55. The molecule has 90 valence electrons. The van der Waals surface area contributed by atoms with Crippen molar-refractivity contribution in [2.75, 3.05) is 5.88 Å². The monoisotopic (exact) mass is 248 g/mol. The lowest BCUT2D eigenvalue weighted by Gasteiger charge is -2.70. The zero-order valence-electron chi connectivity index (χ0n) is 9.92. The second-order valence-electron chi connectivity index (χ2n) is 5.67. The highest BCUT2D eigenvalue weighted by atomic mass is 35.5. The molecule has 1 aromatic carbocycles. The van der Waals surface area contributed by atoms with Crippen molar-refractivity contribution in [3.05, 3.63) is 35.9 Å². The summed E-state index contributed by atoms with van der Waals surface area (Å²) in [6, 6.07) is 10.6. The summed E-state index contributed by atoms with van der Waals surface area (Å²) in [5, 5.41) is 0. The van der Waals surface area contributed by atoms with Gasteiger partial charge >= 0.3 is 0 Å². The van der Waals surface area contributed by atoms with Crippen molar-refractivity contribution in [3.63, 3.8) is 0 Å². The van der Waals surface area contributed by atoms with Gasteiger partial charge in [-0.3, -0.25) is 4.79 Å². The molecular weight excluding hydrogens is 232 g/mol. The minimum Gasteiger partial charge on any atom is -0.299 e. The minimum atomic E-state index is 0.0436. The summed E-state index contributed by atoms with van der Waals surface area (Å²) in [6.07, 6.45) is 4.73. The van der Waals surface area contributed by atoms with E-state index in [1.54, 1.807) is 0 Å². The Morgan fingerprint density at radius 2 is 1.82 bits per heavy atom. The Morgan fingerprint density at radius 3 is 2.41 bits per heavy atom. The lowest BCUT2D eigenvalue weighted by molar-refractivity contribution is -0.173. The van der Waals surface area contributed by atoms with Crippen LogP contribution >= 0.6 is 11.6 Å². The largest absolute Gasteiger partial charge is 0.299 e. The molecule has 0 radical (unpaired) electrons. The van der Waals surface area contributed by atoms with Crippen molar-refractivity contribution in [1.82, 2.24) is 0 Å². The van der Waals surface area contributed by atoms with Crippen LogP contribution in [0.5, 0.6) is 0 Å². The van der Waals surface area contributed by atoms with Crippen molar-refractivity contribution in [1.29, 1.82) is 0 Å². The summed E-state index contributed by atoms with van der Waals surface area (Å²) in [5.74, 6) is 1.06. The molecule has 2 heteroatoms. The standard InChI is InChI=1S/C15H17ClO/c16-8-4-7-13(17)15-9-14(10-15,11-15)12-5-2-1-3-6-12/h1-3,5-6H,4,7-11H2. The van der Waals surface area contributed by atoms with E-state index in [9.17, 15) is 4.79 Å². The van der Waals surface area contributed by atoms with Crippen LogP contribution in [-0.2, 0) is 10.2 Å². The second-order valence-corrected chi connectivity index (χ2v) is 6.05. The first-order valence-electron chi connectivity index (χ1n) is 6.36. The fourth-order valence-electron chi connectivity index (χ4n) is 3.67. The Kier molecular flexibility index (Phi) is 2.55.